The predicted octanol–water partition coefficient (Wildman–Crippen LogP) is 3.89. The Morgan fingerprint density at radius 1 is 1.19 bits per heavy atom. The minimum Gasteiger partial charge on any atom is -0.435 e. The van der Waals surface area contributed by atoms with E-state index in [0.29, 0.717) is 21.4 Å². The summed E-state index contributed by atoms with van der Waals surface area (Å²) in [5.41, 5.74) is 7.05. The molecule has 0 aliphatic carbocycles. The number of hydrogen-bond donors (Lipinski definition) is 2. The summed E-state index contributed by atoms with van der Waals surface area (Å²) >= 11 is 3.29. The van der Waals surface area contributed by atoms with Crippen LogP contribution in [0.1, 0.15) is 10.4 Å². The molecule has 2 aromatic rings. The van der Waals surface area contributed by atoms with Gasteiger partial charge >= 0.3 is 6.61 Å². The van der Waals surface area contributed by atoms with Gasteiger partial charge < -0.3 is 15.8 Å². The van der Waals surface area contributed by atoms with Crippen LogP contribution in [0, 0.1) is 0 Å². The van der Waals surface area contributed by atoms with Gasteiger partial charge in [0.25, 0.3) is 5.91 Å². The van der Waals surface area contributed by atoms with Crippen LogP contribution in [0.5, 0.6) is 5.75 Å². The van der Waals surface area contributed by atoms with Gasteiger partial charge in [-0.05, 0) is 58.4 Å². The minimum absolute atomic E-state index is 0.00443. The number of halogens is 3. The minimum atomic E-state index is -2.89. The fraction of sp³-hybridized carbons (Fsp3) is 0.0714. The van der Waals surface area contributed by atoms with Crippen molar-refractivity contribution in [2.24, 2.45) is 0 Å². The van der Waals surface area contributed by atoms with Crippen molar-refractivity contribution >= 4 is 33.2 Å². The molecule has 110 valence electrons. The molecule has 1 amide bonds. The number of alkyl halides is 2. The standard InChI is InChI=1S/C14H11BrF2N2O2/c15-11-7-9(18)3-6-12(11)19-13(20)8-1-4-10(5-2-8)21-14(16)17/h1-7,14H,18H2,(H,19,20). The summed E-state index contributed by atoms with van der Waals surface area (Å²) in [4.78, 5) is 12.0. The maximum Gasteiger partial charge on any atom is 0.387 e. The zero-order valence-corrected chi connectivity index (χ0v) is 12.2. The maximum absolute atomic E-state index is 12.0. The number of rotatable bonds is 4. The molecule has 0 aliphatic rings. The third-order valence-corrected chi connectivity index (χ3v) is 3.24. The lowest BCUT2D eigenvalue weighted by molar-refractivity contribution is -0.0498. The van der Waals surface area contributed by atoms with Gasteiger partial charge in [-0.2, -0.15) is 8.78 Å². The number of nitrogens with one attached hydrogen (secondary N) is 1. The topological polar surface area (TPSA) is 64.3 Å². The van der Waals surface area contributed by atoms with Crippen molar-refractivity contribution in [3.63, 3.8) is 0 Å². The Bertz CT molecular complexity index is 648. The van der Waals surface area contributed by atoms with Crippen LogP contribution >= 0.6 is 15.9 Å². The van der Waals surface area contributed by atoms with E-state index in [1.807, 2.05) is 0 Å². The second-order valence-electron chi connectivity index (χ2n) is 4.10. The van der Waals surface area contributed by atoms with Gasteiger partial charge in [-0.1, -0.05) is 0 Å². The van der Waals surface area contributed by atoms with Gasteiger partial charge in [-0.15, -0.1) is 0 Å². The molecular formula is C14H11BrF2N2O2. The Labute approximate surface area is 128 Å². The summed E-state index contributed by atoms with van der Waals surface area (Å²) in [5, 5.41) is 2.68. The Hall–Kier alpha value is -2.15. The SMILES string of the molecule is Nc1ccc(NC(=O)c2ccc(OC(F)F)cc2)c(Br)c1. The highest BCUT2D eigenvalue weighted by Gasteiger charge is 2.10. The number of carbonyl (C=O) groups excluding carboxylic acids is 1. The van der Waals surface area contributed by atoms with Crippen LogP contribution in [0.3, 0.4) is 0 Å². The van der Waals surface area contributed by atoms with E-state index >= 15 is 0 Å². The number of nitrogen functional groups attached to an aromatic ring is 1. The molecule has 0 aromatic heterocycles. The highest BCUT2D eigenvalue weighted by atomic mass is 79.9. The lowest BCUT2D eigenvalue weighted by Crippen LogP contribution is -2.12. The Kier molecular flexibility index (Phi) is 4.74. The second kappa shape index (κ2) is 6.53. The molecule has 0 saturated heterocycles. The zero-order chi connectivity index (χ0) is 15.4. The van der Waals surface area contributed by atoms with Crippen LogP contribution in [0.4, 0.5) is 20.2 Å². The molecule has 0 bridgehead atoms. The average molecular weight is 357 g/mol. The first-order chi connectivity index (χ1) is 9.95. The van der Waals surface area contributed by atoms with Crippen LogP contribution in [-0.2, 0) is 0 Å². The number of anilines is 2. The van der Waals surface area contributed by atoms with Crippen LogP contribution in [0.25, 0.3) is 0 Å². The molecule has 2 aromatic carbocycles. The van der Waals surface area contributed by atoms with Crippen LogP contribution in [0.2, 0.25) is 0 Å². The number of ether oxygens (including phenoxy) is 1. The van der Waals surface area contributed by atoms with Crippen molar-refractivity contribution in [2.45, 2.75) is 6.61 Å². The van der Waals surface area contributed by atoms with Crippen LogP contribution in [0.15, 0.2) is 46.9 Å². The number of nitrogens with two attached hydrogens (primary N) is 1. The predicted molar refractivity (Wildman–Crippen MR) is 79.6 cm³/mol. The number of amides is 1. The molecule has 0 aliphatic heterocycles. The highest BCUT2D eigenvalue weighted by Crippen LogP contribution is 2.25. The van der Waals surface area contributed by atoms with Gasteiger partial charge in [0.1, 0.15) is 5.75 Å². The van der Waals surface area contributed by atoms with Gasteiger partial charge in [0, 0.05) is 15.7 Å². The average Bonchev–Trinajstić information content (AvgIpc) is 2.42. The molecule has 0 fully saturated rings. The Morgan fingerprint density at radius 2 is 1.86 bits per heavy atom. The second-order valence-corrected chi connectivity index (χ2v) is 4.95. The third kappa shape index (κ3) is 4.16. The molecule has 0 unspecified atom stereocenters. The van der Waals surface area contributed by atoms with E-state index in [-0.39, 0.29) is 11.7 Å². The first-order valence-electron chi connectivity index (χ1n) is 5.87. The quantitative estimate of drug-likeness (QED) is 0.817. The van der Waals surface area contributed by atoms with Crippen molar-refractivity contribution in [3.8, 4) is 5.75 Å². The molecule has 2 rings (SSSR count). The van der Waals surface area contributed by atoms with E-state index in [4.69, 9.17) is 5.73 Å². The van der Waals surface area contributed by atoms with Gasteiger partial charge in [0.2, 0.25) is 0 Å². The van der Waals surface area contributed by atoms with Gasteiger partial charge in [0.15, 0.2) is 0 Å². The smallest absolute Gasteiger partial charge is 0.387 e. The first kappa shape index (κ1) is 15.2. The third-order valence-electron chi connectivity index (χ3n) is 2.58. The summed E-state index contributed by atoms with van der Waals surface area (Å²) < 4.78 is 28.9. The summed E-state index contributed by atoms with van der Waals surface area (Å²) in [5.74, 6) is -0.376. The fourth-order valence-corrected chi connectivity index (χ4v) is 2.11. The van der Waals surface area contributed by atoms with Gasteiger partial charge in [0.05, 0.1) is 5.69 Å². The first-order valence-corrected chi connectivity index (χ1v) is 6.66. The maximum atomic E-state index is 12.0. The fourth-order valence-electron chi connectivity index (χ4n) is 1.61. The van der Waals surface area contributed by atoms with Gasteiger partial charge in [-0.25, -0.2) is 0 Å². The number of hydrogen-bond acceptors (Lipinski definition) is 3. The summed E-state index contributed by atoms with van der Waals surface area (Å²) in [7, 11) is 0. The van der Waals surface area contributed by atoms with E-state index in [0.717, 1.165) is 0 Å². The molecule has 0 atom stereocenters. The summed E-state index contributed by atoms with van der Waals surface area (Å²) in [6.07, 6.45) is 0. The van der Waals surface area contributed by atoms with Crippen molar-refractivity contribution < 1.29 is 18.3 Å². The van der Waals surface area contributed by atoms with E-state index in [9.17, 15) is 13.6 Å². The molecular weight excluding hydrogens is 346 g/mol. The van der Waals surface area contributed by atoms with E-state index in [1.165, 1.54) is 24.3 Å². The van der Waals surface area contributed by atoms with Crippen LogP contribution < -0.4 is 15.8 Å². The van der Waals surface area contributed by atoms with E-state index in [1.54, 1.807) is 18.2 Å². The zero-order valence-electron chi connectivity index (χ0n) is 10.6. The molecule has 3 N–H and O–H groups in total. The van der Waals surface area contributed by atoms with Gasteiger partial charge in [-0.3, -0.25) is 4.79 Å². The molecule has 4 nitrogen and oxygen atoms in total. The monoisotopic (exact) mass is 356 g/mol. The van der Waals surface area contributed by atoms with Crippen molar-refractivity contribution in [3.05, 3.63) is 52.5 Å². The number of carbonyl (C=O) groups is 1. The lowest BCUT2D eigenvalue weighted by Gasteiger charge is -2.09. The molecule has 0 radical (unpaired) electrons. The van der Waals surface area contributed by atoms with Crippen molar-refractivity contribution in [1.29, 1.82) is 0 Å². The van der Waals surface area contributed by atoms with E-state index < -0.39 is 6.61 Å². The molecule has 0 spiro atoms. The van der Waals surface area contributed by atoms with Crippen molar-refractivity contribution in [2.75, 3.05) is 11.1 Å². The molecule has 21 heavy (non-hydrogen) atoms. The lowest BCUT2D eigenvalue weighted by atomic mass is 10.2. The van der Waals surface area contributed by atoms with E-state index in [2.05, 4.69) is 26.0 Å². The van der Waals surface area contributed by atoms with Crippen LogP contribution in [-0.4, -0.2) is 12.5 Å². The Morgan fingerprint density at radius 3 is 2.43 bits per heavy atom. The summed E-state index contributed by atoms with van der Waals surface area (Å²) in [6.45, 7) is -2.89. The van der Waals surface area contributed by atoms with Crippen molar-refractivity contribution in [1.82, 2.24) is 0 Å². The Balaban J connectivity index is 2.09. The summed E-state index contributed by atoms with van der Waals surface area (Å²) in [6, 6.07) is 10.4. The molecule has 0 saturated carbocycles. The highest BCUT2D eigenvalue weighted by molar-refractivity contribution is 9.10. The largest absolute Gasteiger partial charge is 0.435 e. The molecule has 0 heterocycles. The normalized spacial score (nSPS) is 10.5. The molecule has 7 heteroatoms. The number of benzene rings is 2.